The molecule has 5 rings (SSSR count). The fourth-order valence-electron chi connectivity index (χ4n) is 4.43. The number of para-hydroxylation sites is 1. The smallest absolute Gasteiger partial charge is 0.247 e. The Kier molecular flexibility index (Phi) is 6.21. The number of benzene rings is 2. The number of amides is 1. The summed E-state index contributed by atoms with van der Waals surface area (Å²) in [5, 5.41) is 4.79. The van der Waals surface area contributed by atoms with E-state index in [4.69, 9.17) is 9.84 Å². The van der Waals surface area contributed by atoms with Crippen molar-refractivity contribution in [1.29, 1.82) is 0 Å². The summed E-state index contributed by atoms with van der Waals surface area (Å²) in [5.74, 6) is 0.802. The SMILES string of the molecule is COc1cccc(C2CCCN2C(=O)C=Cc2cn(-c3ccccc3)nc2-c2cccnc2)c1. The molecule has 170 valence electrons. The molecule has 2 aromatic heterocycles. The van der Waals surface area contributed by atoms with E-state index in [1.807, 2.05) is 82.5 Å². The van der Waals surface area contributed by atoms with Crippen LogP contribution in [0.15, 0.2) is 91.4 Å². The highest BCUT2D eigenvalue weighted by molar-refractivity contribution is 5.93. The van der Waals surface area contributed by atoms with Crippen molar-refractivity contribution in [1.82, 2.24) is 19.7 Å². The average Bonchev–Trinajstić information content (AvgIpc) is 3.56. The van der Waals surface area contributed by atoms with Gasteiger partial charge in [-0.3, -0.25) is 9.78 Å². The minimum absolute atomic E-state index is 0.00471. The maximum Gasteiger partial charge on any atom is 0.247 e. The predicted molar refractivity (Wildman–Crippen MR) is 133 cm³/mol. The van der Waals surface area contributed by atoms with Crippen LogP contribution in [-0.2, 0) is 4.79 Å². The molecule has 0 N–H and O–H groups in total. The molecule has 1 aliphatic heterocycles. The topological polar surface area (TPSA) is 60.2 Å². The van der Waals surface area contributed by atoms with Crippen LogP contribution in [-0.4, -0.2) is 39.2 Å². The molecular formula is C28H26N4O2. The average molecular weight is 451 g/mol. The highest BCUT2D eigenvalue weighted by Gasteiger charge is 2.29. The van der Waals surface area contributed by atoms with Crippen LogP contribution < -0.4 is 4.74 Å². The van der Waals surface area contributed by atoms with Crippen molar-refractivity contribution < 1.29 is 9.53 Å². The number of aromatic nitrogens is 3. The molecule has 4 aromatic rings. The maximum absolute atomic E-state index is 13.2. The monoisotopic (exact) mass is 450 g/mol. The Hall–Kier alpha value is -4.19. The number of carbonyl (C=O) groups is 1. The second kappa shape index (κ2) is 9.75. The van der Waals surface area contributed by atoms with Crippen molar-refractivity contribution in [3.63, 3.8) is 0 Å². The van der Waals surface area contributed by atoms with Gasteiger partial charge >= 0.3 is 0 Å². The van der Waals surface area contributed by atoms with Gasteiger partial charge in [-0.05, 0) is 60.9 Å². The van der Waals surface area contributed by atoms with Gasteiger partial charge in [0.2, 0.25) is 5.91 Å². The molecule has 0 bridgehead atoms. The maximum atomic E-state index is 13.2. The lowest BCUT2D eigenvalue weighted by atomic mass is 10.0. The minimum atomic E-state index is -0.00471. The molecule has 34 heavy (non-hydrogen) atoms. The summed E-state index contributed by atoms with van der Waals surface area (Å²) < 4.78 is 7.21. The quantitative estimate of drug-likeness (QED) is 0.373. The molecule has 0 saturated carbocycles. The summed E-state index contributed by atoms with van der Waals surface area (Å²) in [6.07, 6.45) is 10.9. The third-order valence-corrected chi connectivity index (χ3v) is 6.12. The first-order valence-electron chi connectivity index (χ1n) is 11.4. The number of ether oxygens (including phenoxy) is 1. The Bertz CT molecular complexity index is 1300. The first kappa shape index (κ1) is 21.6. The number of rotatable bonds is 6. The number of pyridine rings is 1. The lowest BCUT2D eigenvalue weighted by Gasteiger charge is -2.24. The number of nitrogens with zero attached hydrogens (tertiary/aromatic N) is 4. The fourth-order valence-corrected chi connectivity index (χ4v) is 4.43. The van der Waals surface area contributed by atoms with Crippen molar-refractivity contribution in [2.45, 2.75) is 18.9 Å². The van der Waals surface area contributed by atoms with E-state index >= 15 is 0 Å². The first-order valence-corrected chi connectivity index (χ1v) is 11.4. The van der Waals surface area contributed by atoms with Gasteiger partial charge in [0, 0.05) is 42.3 Å². The summed E-state index contributed by atoms with van der Waals surface area (Å²) in [4.78, 5) is 19.4. The zero-order valence-corrected chi connectivity index (χ0v) is 19.0. The molecule has 1 unspecified atom stereocenters. The van der Waals surface area contributed by atoms with Crippen molar-refractivity contribution >= 4 is 12.0 Å². The Labute approximate surface area is 199 Å². The second-order valence-corrected chi connectivity index (χ2v) is 8.25. The Morgan fingerprint density at radius 1 is 1.09 bits per heavy atom. The van der Waals surface area contributed by atoms with Gasteiger partial charge in [-0.15, -0.1) is 0 Å². The molecule has 2 aromatic carbocycles. The van der Waals surface area contributed by atoms with Gasteiger partial charge in [0.15, 0.2) is 0 Å². The van der Waals surface area contributed by atoms with Gasteiger partial charge in [0.1, 0.15) is 11.4 Å². The van der Waals surface area contributed by atoms with Gasteiger partial charge in [0.25, 0.3) is 0 Å². The van der Waals surface area contributed by atoms with Crippen LogP contribution in [0.1, 0.15) is 30.0 Å². The van der Waals surface area contributed by atoms with E-state index < -0.39 is 0 Å². The fraction of sp³-hybridized carbons (Fsp3) is 0.179. The van der Waals surface area contributed by atoms with Crippen molar-refractivity contribution in [3.8, 4) is 22.7 Å². The molecule has 6 heteroatoms. The van der Waals surface area contributed by atoms with Crippen LogP contribution in [0, 0.1) is 0 Å². The second-order valence-electron chi connectivity index (χ2n) is 8.25. The van der Waals surface area contributed by atoms with Crippen LogP contribution in [0.5, 0.6) is 5.75 Å². The molecule has 0 radical (unpaired) electrons. The molecule has 0 aliphatic carbocycles. The van der Waals surface area contributed by atoms with Gasteiger partial charge < -0.3 is 9.64 Å². The molecule has 1 aliphatic rings. The van der Waals surface area contributed by atoms with Gasteiger partial charge in [-0.25, -0.2) is 4.68 Å². The largest absolute Gasteiger partial charge is 0.497 e. The third-order valence-electron chi connectivity index (χ3n) is 6.12. The standard InChI is InChI=1S/C28H26N4O2/c1-34-25-12-5-8-21(18-25)26-13-7-17-31(26)27(33)15-14-23-20-32(24-10-3-2-4-11-24)30-28(23)22-9-6-16-29-19-22/h2-6,8-12,14-16,18-20,26H,7,13,17H2,1H3. The third kappa shape index (κ3) is 4.48. The van der Waals surface area contributed by atoms with E-state index in [2.05, 4.69) is 11.1 Å². The Balaban J connectivity index is 1.44. The van der Waals surface area contributed by atoms with E-state index in [-0.39, 0.29) is 11.9 Å². The van der Waals surface area contributed by atoms with E-state index in [9.17, 15) is 4.79 Å². The summed E-state index contributed by atoms with van der Waals surface area (Å²) in [6.45, 7) is 0.740. The highest BCUT2D eigenvalue weighted by Crippen LogP contribution is 2.34. The van der Waals surface area contributed by atoms with E-state index in [1.54, 1.807) is 25.6 Å². The molecule has 6 nitrogen and oxygen atoms in total. The van der Waals surface area contributed by atoms with Crippen molar-refractivity contribution in [2.24, 2.45) is 0 Å². The number of hydrogen-bond donors (Lipinski definition) is 0. The lowest BCUT2D eigenvalue weighted by Crippen LogP contribution is -2.28. The zero-order valence-electron chi connectivity index (χ0n) is 19.0. The van der Waals surface area contributed by atoms with E-state index in [0.717, 1.165) is 53.2 Å². The Morgan fingerprint density at radius 2 is 1.97 bits per heavy atom. The van der Waals surface area contributed by atoms with Crippen LogP contribution in [0.3, 0.4) is 0 Å². The molecular weight excluding hydrogens is 424 g/mol. The van der Waals surface area contributed by atoms with Crippen molar-refractivity contribution in [3.05, 3.63) is 103 Å². The number of hydrogen-bond acceptors (Lipinski definition) is 4. The number of carbonyl (C=O) groups excluding carboxylic acids is 1. The van der Waals surface area contributed by atoms with Gasteiger partial charge in [-0.2, -0.15) is 5.10 Å². The highest BCUT2D eigenvalue weighted by atomic mass is 16.5. The molecule has 1 saturated heterocycles. The number of likely N-dealkylation sites (tertiary alicyclic amines) is 1. The normalized spacial score (nSPS) is 15.7. The first-order chi connectivity index (χ1) is 16.7. The zero-order chi connectivity index (χ0) is 23.3. The van der Waals surface area contributed by atoms with Crippen LogP contribution in [0.4, 0.5) is 0 Å². The molecule has 3 heterocycles. The minimum Gasteiger partial charge on any atom is -0.497 e. The summed E-state index contributed by atoms with van der Waals surface area (Å²) >= 11 is 0. The summed E-state index contributed by atoms with van der Waals surface area (Å²) in [5.41, 5.74) is 4.61. The van der Waals surface area contributed by atoms with Crippen molar-refractivity contribution in [2.75, 3.05) is 13.7 Å². The Morgan fingerprint density at radius 3 is 2.76 bits per heavy atom. The van der Waals surface area contributed by atoms with Crippen LogP contribution >= 0.6 is 0 Å². The molecule has 1 atom stereocenters. The summed E-state index contributed by atoms with van der Waals surface area (Å²) in [7, 11) is 1.66. The van der Waals surface area contributed by atoms with Gasteiger partial charge in [0.05, 0.1) is 18.8 Å². The molecule has 0 spiro atoms. The predicted octanol–water partition coefficient (Wildman–Crippen LogP) is 5.32. The van der Waals surface area contributed by atoms with Crippen LogP contribution in [0.25, 0.3) is 23.0 Å². The number of methoxy groups -OCH3 is 1. The van der Waals surface area contributed by atoms with E-state index in [1.165, 1.54) is 0 Å². The molecule has 1 amide bonds. The van der Waals surface area contributed by atoms with E-state index in [0.29, 0.717) is 0 Å². The molecule has 1 fully saturated rings. The summed E-state index contributed by atoms with van der Waals surface area (Å²) in [6, 6.07) is 21.8. The lowest BCUT2D eigenvalue weighted by molar-refractivity contribution is -0.126. The van der Waals surface area contributed by atoms with Gasteiger partial charge in [-0.1, -0.05) is 30.3 Å². The van der Waals surface area contributed by atoms with Crippen LogP contribution in [0.2, 0.25) is 0 Å².